The average molecular weight is 278 g/mol. The number of nitrogens with zero attached hydrogens (tertiary/aromatic N) is 3. The van der Waals surface area contributed by atoms with E-state index in [0.717, 1.165) is 38.5 Å². The highest BCUT2D eigenvalue weighted by atomic mass is 16.5. The summed E-state index contributed by atoms with van der Waals surface area (Å²) in [6.45, 7) is 9.07. The highest BCUT2D eigenvalue weighted by Crippen LogP contribution is 2.18. The van der Waals surface area contributed by atoms with Crippen molar-refractivity contribution in [1.82, 2.24) is 15.3 Å². The summed E-state index contributed by atoms with van der Waals surface area (Å²) in [5, 5.41) is 3.47. The third-order valence-electron chi connectivity index (χ3n) is 3.56. The van der Waals surface area contributed by atoms with E-state index in [9.17, 15) is 0 Å². The first-order valence-electron chi connectivity index (χ1n) is 7.75. The van der Waals surface area contributed by atoms with Gasteiger partial charge < -0.3 is 15.0 Å². The molecule has 1 saturated heterocycles. The Kier molecular flexibility index (Phi) is 6.05. The van der Waals surface area contributed by atoms with Crippen LogP contribution in [-0.2, 0) is 0 Å². The van der Waals surface area contributed by atoms with Gasteiger partial charge in [-0.25, -0.2) is 4.98 Å². The number of nitrogens with one attached hydrogen (secondary N) is 1. The average Bonchev–Trinajstić information content (AvgIpc) is 2.49. The Bertz CT molecular complexity index is 393. The van der Waals surface area contributed by atoms with E-state index in [1.54, 1.807) is 6.20 Å². The Morgan fingerprint density at radius 3 is 3.05 bits per heavy atom. The van der Waals surface area contributed by atoms with Gasteiger partial charge in [0, 0.05) is 25.4 Å². The third-order valence-corrected chi connectivity index (χ3v) is 3.56. The molecule has 0 aliphatic carbocycles. The SMILES string of the molecule is CCCN(CC1CCCNC1)c1nccc(OCC)n1. The largest absolute Gasteiger partial charge is 0.478 e. The van der Waals surface area contributed by atoms with Crippen molar-refractivity contribution in [3.8, 4) is 5.88 Å². The second-order valence-electron chi connectivity index (χ2n) is 5.29. The van der Waals surface area contributed by atoms with Gasteiger partial charge in [0.05, 0.1) is 6.61 Å². The fraction of sp³-hybridized carbons (Fsp3) is 0.733. The third kappa shape index (κ3) is 4.34. The van der Waals surface area contributed by atoms with Gasteiger partial charge >= 0.3 is 0 Å². The fourth-order valence-electron chi connectivity index (χ4n) is 2.65. The zero-order valence-electron chi connectivity index (χ0n) is 12.6. The summed E-state index contributed by atoms with van der Waals surface area (Å²) >= 11 is 0. The van der Waals surface area contributed by atoms with Gasteiger partial charge in [0.15, 0.2) is 0 Å². The number of ether oxygens (including phenoxy) is 1. The zero-order valence-corrected chi connectivity index (χ0v) is 12.6. The summed E-state index contributed by atoms with van der Waals surface area (Å²) < 4.78 is 5.47. The fourth-order valence-corrected chi connectivity index (χ4v) is 2.65. The van der Waals surface area contributed by atoms with Crippen LogP contribution in [-0.4, -0.2) is 42.8 Å². The second-order valence-corrected chi connectivity index (χ2v) is 5.29. The van der Waals surface area contributed by atoms with Gasteiger partial charge in [0.2, 0.25) is 11.8 Å². The molecule has 20 heavy (non-hydrogen) atoms. The molecule has 112 valence electrons. The van der Waals surface area contributed by atoms with Gasteiger partial charge in [-0.1, -0.05) is 6.92 Å². The monoisotopic (exact) mass is 278 g/mol. The second kappa shape index (κ2) is 8.04. The molecule has 1 N–H and O–H groups in total. The van der Waals surface area contributed by atoms with Crippen molar-refractivity contribution < 1.29 is 4.74 Å². The van der Waals surface area contributed by atoms with Crippen molar-refractivity contribution in [3.63, 3.8) is 0 Å². The van der Waals surface area contributed by atoms with Crippen molar-refractivity contribution in [1.29, 1.82) is 0 Å². The topological polar surface area (TPSA) is 50.3 Å². The van der Waals surface area contributed by atoms with Gasteiger partial charge in [0.1, 0.15) is 0 Å². The van der Waals surface area contributed by atoms with Crippen molar-refractivity contribution in [2.24, 2.45) is 5.92 Å². The van der Waals surface area contributed by atoms with Crippen LogP contribution < -0.4 is 15.0 Å². The lowest BCUT2D eigenvalue weighted by molar-refractivity contribution is 0.325. The maximum absolute atomic E-state index is 5.47. The molecule has 5 nitrogen and oxygen atoms in total. The Labute approximate surface area is 121 Å². The van der Waals surface area contributed by atoms with E-state index < -0.39 is 0 Å². The first kappa shape index (κ1) is 15.0. The van der Waals surface area contributed by atoms with Crippen LogP contribution in [0, 0.1) is 5.92 Å². The van der Waals surface area contributed by atoms with E-state index in [1.807, 2.05) is 13.0 Å². The van der Waals surface area contributed by atoms with Crippen LogP contribution in [0.5, 0.6) is 5.88 Å². The molecule has 2 rings (SSSR count). The Morgan fingerprint density at radius 1 is 1.45 bits per heavy atom. The maximum atomic E-state index is 5.47. The minimum atomic E-state index is 0.636. The standard InChI is InChI=1S/C15H26N4O/c1-3-10-19(12-13-6-5-8-16-11-13)15-17-9-7-14(18-15)20-4-2/h7,9,13,16H,3-6,8,10-12H2,1-2H3. The van der Waals surface area contributed by atoms with Crippen molar-refractivity contribution in [2.75, 3.05) is 37.7 Å². The number of piperidine rings is 1. The number of rotatable bonds is 7. The van der Waals surface area contributed by atoms with Crippen LogP contribution in [0.2, 0.25) is 0 Å². The van der Waals surface area contributed by atoms with Crippen LogP contribution in [0.15, 0.2) is 12.3 Å². The molecule has 0 amide bonds. The first-order chi connectivity index (χ1) is 9.83. The van der Waals surface area contributed by atoms with Crippen LogP contribution in [0.25, 0.3) is 0 Å². The quantitative estimate of drug-likeness (QED) is 0.827. The molecule has 1 fully saturated rings. The molecule has 0 aromatic carbocycles. The van der Waals surface area contributed by atoms with Crippen LogP contribution in [0.1, 0.15) is 33.1 Å². The number of aromatic nitrogens is 2. The number of hydrogen-bond acceptors (Lipinski definition) is 5. The molecule has 0 radical (unpaired) electrons. The van der Waals surface area contributed by atoms with Crippen molar-refractivity contribution >= 4 is 5.95 Å². The van der Waals surface area contributed by atoms with Crippen molar-refractivity contribution in [2.45, 2.75) is 33.1 Å². The highest BCUT2D eigenvalue weighted by Gasteiger charge is 2.18. The lowest BCUT2D eigenvalue weighted by Gasteiger charge is -2.30. The first-order valence-corrected chi connectivity index (χ1v) is 7.75. The summed E-state index contributed by atoms with van der Waals surface area (Å²) in [6, 6.07) is 1.82. The normalized spacial score (nSPS) is 18.8. The molecule has 0 saturated carbocycles. The smallest absolute Gasteiger partial charge is 0.228 e. The molecule has 5 heteroatoms. The Balaban J connectivity index is 2.04. The molecule has 0 spiro atoms. The molecular formula is C15H26N4O. The summed E-state index contributed by atoms with van der Waals surface area (Å²) in [4.78, 5) is 11.2. The summed E-state index contributed by atoms with van der Waals surface area (Å²) in [6.07, 6.45) is 5.44. The Morgan fingerprint density at radius 2 is 2.35 bits per heavy atom. The van der Waals surface area contributed by atoms with Gasteiger partial charge in [0.25, 0.3) is 0 Å². The van der Waals surface area contributed by atoms with Crippen LogP contribution in [0.3, 0.4) is 0 Å². The Hall–Kier alpha value is -1.36. The zero-order chi connectivity index (χ0) is 14.2. The highest BCUT2D eigenvalue weighted by molar-refractivity contribution is 5.32. The molecular weight excluding hydrogens is 252 g/mol. The predicted molar refractivity (Wildman–Crippen MR) is 81.3 cm³/mol. The van der Waals surface area contributed by atoms with E-state index >= 15 is 0 Å². The van der Waals surface area contributed by atoms with E-state index in [2.05, 4.69) is 27.1 Å². The van der Waals surface area contributed by atoms with E-state index in [0.29, 0.717) is 18.4 Å². The molecule has 1 aliphatic rings. The van der Waals surface area contributed by atoms with E-state index in [-0.39, 0.29) is 0 Å². The minimum absolute atomic E-state index is 0.636. The maximum Gasteiger partial charge on any atom is 0.228 e. The number of anilines is 1. The lowest BCUT2D eigenvalue weighted by atomic mass is 9.99. The molecule has 1 aromatic heterocycles. The summed E-state index contributed by atoms with van der Waals surface area (Å²) in [7, 11) is 0. The molecule has 2 heterocycles. The number of hydrogen-bond donors (Lipinski definition) is 1. The van der Waals surface area contributed by atoms with Gasteiger partial charge in [-0.05, 0) is 45.2 Å². The predicted octanol–water partition coefficient (Wildman–Crippen LogP) is 2.09. The summed E-state index contributed by atoms with van der Waals surface area (Å²) in [5.41, 5.74) is 0. The lowest BCUT2D eigenvalue weighted by Crippen LogP contribution is -2.39. The molecule has 1 unspecified atom stereocenters. The van der Waals surface area contributed by atoms with E-state index in [1.165, 1.54) is 12.8 Å². The van der Waals surface area contributed by atoms with Gasteiger partial charge in [-0.15, -0.1) is 0 Å². The molecule has 1 aromatic rings. The van der Waals surface area contributed by atoms with Gasteiger partial charge in [-0.3, -0.25) is 0 Å². The van der Waals surface area contributed by atoms with Crippen LogP contribution in [0.4, 0.5) is 5.95 Å². The summed E-state index contributed by atoms with van der Waals surface area (Å²) in [5.74, 6) is 2.15. The molecule has 1 atom stereocenters. The van der Waals surface area contributed by atoms with Gasteiger partial charge in [-0.2, -0.15) is 4.98 Å². The molecule has 1 aliphatic heterocycles. The van der Waals surface area contributed by atoms with Crippen LogP contribution >= 0.6 is 0 Å². The van der Waals surface area contributed by atoms with E-state index in [4.69, 9.17) is 4.74 Å². The molecule has 0 bridgehead atoms. The minimum Gasteiger partial charge on any atom is -0.478 e. The van der Waals surface area contributed by atoms with Crippen molar-refractivity contribution in [3.05, 3.63) is 12.3 Å².